The van der Waals surface area contributed by atoms with Crippen molar-refractivity contribution in [2.45, 2.75) is 19.1 Å². The van der Waals surface area contributed by atoms with Gasteiger partial charge in [-0.25, -0.2) is 0 Å². The third kappa shape index (κ3) is 4.50. The van der Waals surface area contributed by atoms with E-state index in [0.717, 1.165) is 10.0 Å². The van der Waals surface area contributed by atoms with Gasteiger partial charge in [-0.05, 0) is 24.7 Å². The predicted octanol–water partition coefficient (Wildman–Crippen LogP) is 3.52. The second kappa shape index (κ2) is 8.04. The molecule has 0 fully saturated rings. The van der Waals surface area contributed by atoms with E-state index in [1.807, 2.05) is 42.5 Å². The summed E-state index contributed by atoms with van der Waals surface area (Å²) in [5.74, 6) is -0.558. The van der Waals surface area contributed by atoms with Crippen molar-refractivity contribution < 1.29 is 14.3 Å². The Kier molecular flexibility index (Phi) is 6.07. The second-order valence-corrected chi connectivity index (χ2v) is 5.99. The molecule has 0 unspecified atom stereocenters. The van der Waals surface area contributed by atoms with Gasteiger partial charge < -0.3 is 10.1 Å². The van der Waals surface area contributed by atoms with Gasteiger partial charge in [0, 0.05) is 17.0 Å². The SMILES string of the molecule is CN[C@H](C(=O)c1ccc(Br)cc1)[C@H](OC(C)=O)c1ccccc1. The van der Waals surface area contributed by atoms with Crippen molar-refractivity contribution in [2.24, 2.45) is 0 Å². The van der Waals surface area contributed by atoms with Crippen LogP contribution in [-0.4, -0.2) is 24.8 Å². The average molecular weight is 376 g/mol. The minimum absolute atomic E-state index is 0.130. The van der Waals surface area contributed by atoms with Gasteiger partial charge >= 0.3 is 5.97 Å². The van der Waals surface area contributed by atoms with E-state index < -0.39 is 18.1 Å². The van der Waals surface area contributed by atoms with Crippen LogP contribution in [0.4, 0.5) is 0 Å². The topological polar surface area (TPSA) is 55.4 Å². The molecule has 0 saturated carbocycles. The maximum Gasteiger partial charge on any atom is 0.303 e. The fourth-order valence-corrected chi connectivity index (χ4v) is 2.63. The van der Waals surface area contributed by atoms with Crippen molar-refractivity contribution >= 4 is 27.7 Å². The number of hydrogen-bond acceptors (Lipinski definition) is 4. The normalized spacial score (nSPS) is 13.2. The molecule has 2 rings (SSSR count). The molecule has 2 aromatic carbocycles. The Hall–Kier alpha value is -1.98. The third-order valence-corrected chi connectivity index (χ3v) is 3.97. The van der Waals surface area contributed by atoms with Crippen molar-refractivity contribution in [1.29, 1.82) is 0 Å². The fraction of sp³-hybridized carbons (Fsp3) is 0.222. The lowest BCUT2D eigenvalue weighted by Crippen LogP contribution is -2.41. The van der Waals surface area contributed by atoms with Crippen molar-refractivity contribution in [3.63, 3.8) is 0 Å². The number of ether oxygens (including phenoxy) is 1. The molecular formula is C18H18BrNO3. The first-order chi connectivity index (χ1) is 11.0. The highest BCUT2D eigenvalue weighted by Gasteiger charge is 2.31. The molecule has 1 N–H and O–H groups in total. The van der Waals surface area contributed by atoms with Gasteiger partial charge in [0.1, 0.15) is 12.1 Å². The van der Waals surface area contributed by atoms with Gasteiger partial charge in [-0.3, -0.25) is 9.59 Å². The maximum absolute atomic E-state index is 12.8. The van der Waals surface area contributed by atoms with Crippen LogP contribution in [-0.2, 0) is 9.53 Å². The van der Waals surface area contributed by atoms with E-state index in [1.54, 1.807) is 19.2 Å². The van der Waals surface area contributed by atoms with Gasteiger partial charge in [-0.15, -0.1) is 0 Å². The zero-order valence-corrected chi connectivity index (χ0v) is 14.5. The van der Waals surface area contributed by atoms with Gasteiger partial charge in [-0.2, -0.15) is 0 Å². The summed E-state index contributed by atoms with van der Waals surface area (Å²) in [6.45, 7) is 1.34. The Morgan fingerprint density at radius 3 is 2.17 bits per heavy atom. The lowest BCUT2D eigenvalue weighted by Gasteiger charge is -2.26. The highest BCUT2D eigenvalue weighted by Crippen LogP contribution is 2.24. The molecule has 0 aromatic heterocycles. The molecule has 2 atom stereocenters. The lowest BCUT2D eigenvalue weighted by atomic mass is 9.95. The first-order valence-electron chi connectivity index (χ1n) is 7.22. The number of nitrogens with one attached hydrogen (secondary N) is 1. The number of likely N-dealkylation sites (N-methyl/N-ethyl adjacent to an activating group) is 1. The molecule has 0 heterocycles. The summed E-state index contributed by atoms with van der Waals surface area (Å²) in [4.78, 5) is 24.3. The average Bonchev–Trinajstić information content (AvgIpc) is 2.55. The molecule has 5 heteroatoms. The lowest BCUT2D eigenvalue weighted by molar-refractivity contribution is -0.147. The number of carbonyl (C=O) groups excluding carboxylic acids is 2. The maximum atomic E-state index is 12.8. The zero-order valence-electron chi connectivity index (χ0n) is 13.0. The van der Waals surface area contributed by atoms with E-state index in [-0.39, 0.29) is 5.78 Å². The Morgan fingerprint density at radius 2 is 1.65 bits per heavy atom. The van der Waals surface area contributed by atoms with Crippen LogP contribution in [0.3, 0.4) is 0 Å². The minimum atomic E-state index is -0.685. The molecule has 0 aliphatic heterocycles. The summed E-state index contributed by atoms with van der Waals surface area (Å²) in [7, 11) is 1.68. The third-order valence-electron chi connectivity index (χ3n) is 3.45. The van der Waals surface area contributed by atoms with Crippen molar-refractivity contribution in [2.75, 3.05) is 7.05 Å². The molecule has 2 aromatic rings. The van der Waals surface area contributed by atoms with E-state index in [9.17, 15) is 9.59 Å². The number of rotatable bonds is 6. The summed E-state index contributed by atoms with van der Waals surface area (Å²) in [5, 5.41) is 2.98. The van der Waals surface area contributed by atoms with Crippen LogP contribution in [0.5, 0.6) is 0 Å². The quantitative estimate of drug-likeness (QED) is 0.619. The molecule has 0 bridgehead atoms. The number of carbonyl (C=O) groups is 2. The predicted molar refractivity (Wildman–Crippen MR) is 92.3 cm³/mol. The Balaban J connectivity index is 2.35. The van der Waals surface area contributed by atoms with Gasteiger partial charge in [0.05, 0.1) is 0 Å². The van der Waals surface area contributed by atoms with Crippen LogP contribution in [0.2, 0.25) is 0 Å². The van der Waals surface area contributed by atoms with Crippen LogP contribution in [0.1, 0.15) is 28.9 Å². The molecule has 0 radical (unpaired) electrons. The standard InChI is InChI=1S/C18H18BrNO3/c1-12(21)23-18(14-6-4-3-5-7-14)16(20-2)17(22)13-8-10-15(19)11-9-13/h3-11,16,18,20H,1-2H3/t16-,18-/m1/s1. The summed E-state index contributed by atoms with van der Waals surface area (Å²) in [6.07, 6.45) is -0.685. The summed E-state index contributed by atoms with van der Waals surface area (Å²) < 4.78 is 6.32. The van der Waals surface area contributed by atoms with Crippen LogP contribution < -0.4 is 5.32 Å². The summed E-state index contributed by atoms with van der Waals surface area (Å²) in [6, 6.07) is 15.7. The van der Waals surface area contributed by atoms with E-state index in [4.69, 9.17) is 4.74 Å². The highest BCUT2D eigenvalue weighted by atomic mass is 79.9. The van der Waals surface area contributed by atoms with E-state index in [1.165, 1.54) is 6.92 Å². The molecule has 4 nitrogen and oxygen atoms in total. The van der Waals surface area contributed by atoms with Crippen molar-refractivity contribution in [1.82, 2.24) is 5.32 Å². The number of halogens is 1. The molecule has 0 aliphatic carbocycles. The van der Waals surface area contributed by atoms with Crippen LogP contribution in [0.25, 0.3) is 0 Å². The number of benzene rings is 2. The largest absolute Gasteiger partial charge is 0.455 e. The van der Waals surface area contributed by atoms with Crippen molar-refractivity contribution in [3.05, 3.63) is 70.2 Å². The zero-order chi connectivity index (χ0) is 16.8. The number of ketones is 1. The van der Waals surface area contributed by atoms with Crippen molar-refractivity contribution in [3.8, 4) is 0 Å². The first-order valence-corrected chi connectivity index (χ1v) is 8.01. The Labute approximate surface area is 144 Å². The monoisotopic (exact) mass is 375 g/mol. The van der Waals surface area contributed by atoms with Gasteiger partial charge in [0.15, 0.2) is 5.78 Å². The molecule has 120 valence electrons. The highest BCUT2D eigenvalue weighted by molar-refractivity contribution is 9.10. The Bertz CT molecular complexity index is 670. The number of Topliss-reactive ketones (excluding diaryl/α,β-unsaturated/α-hetero) is 1. The van der Waals surface area contributed by atoms with Crippen LogP contribution >= 0.6 is 15.9 Å². The van der Waals surface area contributed by atoms with Crippen LogP contribution in [0, 0.1) is 0 Å². The summed E-state index contributed by atoms with van der Waals surface area (Å²) in [5.41, 5.74) is 1.33. The number of hydrogen-bond donors (Lipinski definition) is 1. The summed E-state index contributed by atoms with van der Waals surface area (Å²) >= 11 is 3.35. The first kappa shape index (κ1) is 17.4. The second-order valence-electron chi connectivity index (χ2n) is 5.08. The molecule has 0 aliphatic rings. The van der Waals surface area contributed by atoms with Gasteiger partial charge in [0.2, 0.25) is 0 Å². The molecule has 0 saturated heterocycles. The van der Waals surface area contributed by atoms with Crippen LogP contribution in [0.15, 0.2) is 59.1 Å². The molecule has 0 spiro atoms. The Morgan fingerprint density at radius 1 is 1.04 bits per heavy atom. The smallest absolute Gasteiger partial charge is 0.303 e. The van der Waals surface area contributed by atoms with Gasteiger partial charge in [0.25, 0.3) is 0 Å². The number of esters is 1. The van der Waals surface area contributed by atoms with Gasteiger partial charge in [-0.1, -0.05) is 58.4 Å². The molecule has 0 amide bonds. The van der Waals surface area contributed by atoms with E-state index in [0.29, 0.717) is 5.56 Å². The minimum Gasteiger partial charge on any atom is -0.455 e. The fourth-order valence-electron chi connectivity index (χ4n) is 2.36. The molecule has 23 heavy (non-hydrogen) atoms. The van der Waals surface area contributed by atoms with E-state index >= 15 is 0 Å². The van der Waals surface area contributed by atoms with E-state index in [2.05, 4.69) is 21.2 Å². The molecular weight excluding hydrogens is 358 g/mol.